The summed E-state index contributed by atoms with van der Waals surface area (Å²) < 4.78 is 29.6. The van der Waals surface area contributed by atoms with Crippen molar-refractivity contribution in [2.75, 3.05) is 13.2 Å². The summed E-state index contributed by atoms with van der Waals surface area (Å²) in [5.74, 6) is -6.47. The van der Waals surface area contributed by atoms with Gasteiger partial charge in [0, 0.05) is 41.5 Å². The zero-order valence-electron chi connectivity index (χ0n) is 18.5. The maximum absolute atomic E-state index is 12.6. The molecule has 0 aliphatic rings. The highest BCUT2D eigenvalue weighted by molar-refractivity contribution is 5.88. The average molecular weight is 462 g/mol. The summed E-state index contributed by atoms with van der Waals surface area (Å²) in [6.45, 7) is 4.41. The second kappa shape index (κ2) is 13.7. The third-order valence-corrected chi connectivity index (χ3v) is 3.39. The lowest BCUT2D eigenvalue weighted by Gasteiger charge is -2.34. The van der Waals surface area contributed by atoms with Crippen LogP contribution in [0.25, 0.3) is 0 Å². The molecule has 0 spiro atoms. The first kappa shape index (κ1) is 28.5. The molecule has 0 aromatic heterocycles. The Labute approximate surface area is 183 Å². The van der Waals surface area contributed by atoms with Gasteiger partial charge in [-0.15, -0.1) is 0 Å². The summed E-state index contributed by atoms with van der Waals surface area (Å²) in [5, 5.41) is 0. The van der Waals surface area contributed by atoms with Crippen LogP contribution in [0.2, 0.25) is 0 Å². The van der Waals surface area contributed by atoms with Gasteiger partial charge in [-0.3, -0.25) is 33.6 Å². The Balaban J connectivity index is 6.40. The molecule has 0 aliphatic carbocycles. The van der Waals surface area contributed by atoms with Crippen LogP contribution in [0.5, 0.6) is 0 Å². The Kier molecular flexibility index (Phi) is 12.2. The van der Waals surface area contributed by atoms with Crippen molar-refractivity contribution >= 4 is 41.6 Å². The van der Waals surface area contributed by atoms with E-state index in [0.717, 1.165) is 41.5 Å². The third kappa shape index (κ3) is 11.6. The van der Waals surface area contributed by atoms with Crippen molar-refractivity contribution in [2.45, 2.75) is 66.0 Å². The van der Waals surface area contributed by atoms with E-state index in [4.69, 9.17) is 23.7 Å². The molecule has 0 saturated heterocycles. The highest BCUT2D eigenvalue weighted by Gasteiger charge is 2.46. The molecule has 0 unspecified atom stereocenters. The first-order valence-electron chi connectivity index (χ1n) is 9.22. The van der Waals surface area contributed by atoms with Gasteiger partial charge in [0.05, 0.1) is 0 Å². The van der Waals surface area contributed by atoms with Crippen molar-refractivity contribution in [2.24, 2.45) is 0 Å². The smallest absolute Gasteiger partial charge is 0.303 e. The summed E-state index contributed by atoms with van der Waals surface area (Å²) in [5.41, 5.74) is 0. The van der Waals surface area contributed by atoms with E-state index in [-0.39, 0.29) is 0 Å². The first-order valence-corrected chi connectivity index (χ1v) is 9.22. The molecule has 0 fully saturated rings. The third-order valence-electron chi connectivity index (χ3n) is 3.39. The van der Waals surface area contributed by atoms with Crippen LogP contribution in [0, 0.1) is 0 Å². The minimum Gasteiger partial charge on any atom is -0.462 e. The summed E-state index contributed by atoms with van der Waals surface area (Å²) in [6, 6.07) is 0. The van der Waals surface area contributed by atoms with Gasteiger partial charge in [0.2, 0.25) is 11.9 Å². The van der Waals surface area contributed by atoms with Crippen molar-refractivity contribution < 1.29 is 62.0 Å². The van der Waals surface area contributed by atoms with Crippen LogP contribution in [-0.2, 0) is 62.0 Å². The van der Waals surface area contributed by atoms with Crippen LogP contribution in [0.15, 0.2) is 0 Å². The van der Waals surface area contributed by atoms with Crippen LogP contribution in [0.1, 0.15) is 41.5 Å². The van der Waals surface area contributed by atoms with Gasteiger partial charge in [-0.05, 0) is 0 Å². The van der Waals surface area contributed by atoms with E-state index in [2.05, 4.69) is 4.74 Å². The molecule has 0 saturated carbocycles. The molecule has 0 radical (unpaired) electrons. The predicted molar refractivity (Wildman–Crippen MR) is 100 cm³/mol. The lowest BCUT2D eigenvalue weighted by molar-refractivity contribution is -0.203. The van der Waals surface area contributed by atoms with Crippen molar-refractivity contribution in [1.29, 1.82) is 0 Å². The number of hydrogen-bond donors (Lipinski definition) is 0. The Morgan fingerprint density at radius 3 is 1.38 bits per heavy atom. The van der Waals surface area contributed by atoms with E-state index in [1.54, 1.807) is 0 Å². The number of esters is 6. The zero-order chi connectivity index (χ0) is 25.0. The first-order chi connectivity index (χ1) is 14.7. The molecule has 13 nitrogen and oxygen atoms in total. The summed E-state index contributed by atoms with van der Waals surface area (Å²) >= 11 is 0. The highest BCUT2D eigenvalue weighted by atomic mass is 16.6. The van der Waals surface area contributed by atoms with Crippen LogP contribution in [-0.4, -0.2) is 79.2 Å². The molecule has 0 aromatic carbocycles. The lowest BCUT2D eigenvalue weighted by atomic mass is 9.99. The normalized spacial score (nSPS) is 13.9. The number of Topliss-reactive ketones (excluding diaryl/α,β-unsaturated/α-hetero) is 1. The van der Waals surface area contributed by atoms with Crippen LogP contribution < -0.4 is 0 Å². The Bertz CT molecular complexity index is 742. The Morgan fingerprint density at radius 2 is 0.969 bits per heavy atom. The standard InChI is InChI=1S/C19H26O13/c1-9(20)27-7-15(26)17(30-12(4)23)19(32-14(6)25)18(31-13(5)24)16(29-11(3)22)8-28-10(2)21/h16-19H,7-8H2,1-6H3/t16-,17-,18-,19-/m1/s1. The maximum atomic E-state index is 12.6. The Morgan fingerprint density at radius 1 is 0.531 bits per heavy atom. The fraction of sp³-hybridized carbons (Fsp3) is 0.632. The van der Waals surface area contributed by atoms with Gasteiger partial charge >= 0.3 is 35.8 Å². The number of carbonyl (C=O) groups excluding carboxylic acids is 7. The highest BCUT2D eigenvalue weighted by Crippen LogP contribution is 2.21. The fourth-order valence-electron chi connectivity index (χ4n) is 2.40. The molecule has 32 heavy (non-hydrogen) atoms. The lowest BCUT2D eigenvalue weighted by Crippen LogP contribution is -2.55. The van der Waals surface area contributed by atoms with E-state index >= 15 is 0 Å². The van der Waals surface area contributed by atoms with Crippen LogP contribution >= 0.6 is 0 Å². The van der Waals surface area contributed by atoms with Gasteiger partial charge in [0.1, 0.15) is 6.61 Å². The maximum Gasteiger partial charge on any atom is 0.303 e. The molecular formula is C19H26O13. The molecule has 180 valence electrons. The number of rotatable bonds is 12. The van der Waals surface area contributed by atoms with E-state index in [0.29, 0.717) is 0 Å². The molecule has 0 heterocycles. The average Bonchev–Trinajstić information content (AvgIpc) is 2.63. The van der Waals surface area contributed by atoms with Gasteiger partial charge in [0.15, 0.2) is 24.9 Å². The van der Waals surface area contributed by atoms with Gasteiger partial charge in [-0.1, -0.05) is 0 Å². The van der Waals surface area contributed by atoms with Crippen LogP contribution in [0.4, 0.5) is 0 Å². The quantitative estimate of drug-likeness (QED) is 0.266. The topological polar surface area (TPSA) is 175 Å². The van der Waals surface area contributed by atoms with E-state index in [9.17, 15) is 33.6 Å². The van der Waals surface area contributed by atoms with Crippen molar-refractivity contribution in [1.82, 2.24) is 0 Å². The fourth-order valence-corrected chi connectivity index (χ4v) is 2.40. The Hall–Kier alpha value is -3.51. The molecule has 0 aromatic rings. The minimum absolute atomic E-state index is 0.657. The summed E-state index contributed by atoms with van der Waals surface area (Å²) in [6.07, 6.45) is -7.12. The largest absolute Gasteiger partial charge is 0.462 e. The number of ketones is 1. The minimum atomic E-state index is -1.93. The molecule has 4 atom stereocenters. The second-order valence-electron chi connectivity index (χ2n) is 6.38. The molecule has 0 amide bonds. The van der Waals surface area contributed by atoms with Gasteiger partial charge in [-0.25, -0.2) is 0 Å². The summed E-state index contributed by atoms with van der Waals surface area (Å²) in [7, 11) is 0. The molecule has 0 bridgehead atoms. The van der Waals surface area contributed by atoms with E-state index in [1.807, 2.05) is 0 Å². The monoisotopic (exact) mass is 462 g/mol. The van der Waals surface area contributed by atoms with Crippen LogP contribution in [0.3, 0.4) is 0 Å². The van der Waals surface area contributed by atoms with E-state index in [1.165, 1.54) is 0 Å². The van der Waals surface area contributed by atoms with Crippen molar-refractivity contribution in [3.63, 3.8) is 0 Å². The number of ether oxygens (including phenoxy) is 6. The van der Waals surface area contributed by atoms with Crippen molar-refractivity contribution in [3.8, 4) is 0 Å². The molecule has 0 rings (SSSR count). The molecule has 13 heteroatoms. The summed E-state index contributed by atoms with van der Waals surface area (Å²) in [4.78, 5) is 81.6. The second-order valence-corrected chi connectivity index (χ2v) is 6.38. The molecule has 0 aliphatic heterocycles. The van der Waals surface area contributed by atoms with Crippen molar-refractivity contribution in [3.05, 3.63) is 0 Å². The van der Waals surface area contributed by atoms with Gasteiger partial charge in [0.25, 0.3) is 0 Å². The number of hydrogen-bond acceptors (Lipinski definition) is 13. The number of carbonyl (C=O) groups is 7. The zero-order valence-corrected chi connectivity index (χ0v) is 18.5. The SMILES string of the molecule is CC(=O)OCC(=O)[C@@H](OC(C)=O)[C@@H](OC(C)=O)[C@H](OC(C)=O)[C@@H](COC(C)=O)OC(C)=O. The molecular weight excluding hydrogens is 436 g/mol. The van der Waals surface area contributed by atoms with E-state index < -0.39 is 79.2 Å². The predicted octanol–water partition coefficient (Wildman–Crippen LogP) is -0.591. The van der Waals surface area contributed by atoms with Gasteiger partial charge in [-0.2, -0.15) is 0 Å². The van der Waals surface area contributed by atoms with Gasteiger partial charge < -0.3 is 28.4 Å². The molecule has 0 N–H and O–H groups in total.